The maximum atomic E-state index is 5.82. The lowest BCUT2D eigenvalue weighted by atomic mass is 10.0. The summed E-state index contributed by atoms with van der Waals surface area (Å²) in [6, 6.07) is 6.01. The predicted molar refractivity (Wildman–Crippen MR) is 58.9 cm³/mol. The number of nitrogens with two attached hydrogens (primary N) is 2. The fourth-order valence-corrected chi connectivity index (χ4v) is 1.57. The molecule has 0 aliphatic carbocycles. The van der Waals surface area contributed by atoms with Gasteiger partial charge >= 0.3 is 0 Å². The first-order valence-electron chi connectivity index (χ1n) is 4.52. The van der Waals surface area contributed by atoms with Crippen LogP contribution in [0.5, 0.6) is 5.75 Å². The van der Waals surface area contributed by atoms with Gasteiger partial charge in [-0.15, -0.1) is 12.4 Å². The summed E-state index contributed by atoms with van der Waals surface area (Å²) in [5, 5.41) is 0. The summed E-state index contributed by atoms with van der Waals surface area (Å²) in [4.78, 5) is 0. The number of hydrogen-bond donors (Lipinski definition) is 2. The van der Waals surface area contributed by atoms with Crippen LogP contribution in [0, 0.1) is 0 Å². The Morgan fingerprint density at radius 1 is 1.43 bits per heavy atom. The highest BCUT2D eigenvalue weighted by molar-refractivity contribution is 5.85. The van der Waals surface area contributed by atoms with Crippen molar-refractivity contribution in [2.24, 2.45) is 11.5 Å². The van der Waals surface area contributed by atoms with Gasteiger partial charge in [0.2, 0.25) is 0 Å². The molecule has 4 heteroatoms. The minimum absolute atomic E-state index is 0. The summed E-state index contributed by atoms with van der Waals surface area (Å²) >= 11 is 0. The summed E-state index contributed by atoms with van der Waals surface area (Å²) in [6.45, 7) is 1.27. The maximum Gasteiger partial charge on any atom is 0.122 e. The van der Waals surface area contributed by atoms with Crippen LogP contribution in [0.1, 0.15) is 17.2 Å². The second-order valence-corrected chi connectivity index (χ2v) is 3.31. The molecule has 78 valence electrons. The first kappa shape index (κ1) is 11.3. The van der Waals surface area contributed by atoms with E-state index in [1.165, 1.54) is 5.56 Å². The van der Waals surface area contributed by atoms with Gasteiger partial charge in [0.1, 0.15) is 5.75 Å². The molecule has 2 rings (SSSR count). The fourth-order valence-electron chi connectivity index (χ4n) is 1.57. The van der Waals surface area contributed by atoms with E-state index >= 15 is 0 Å². The standard InChI is InChI=1S/C10H14N2O.ClH/c11-6-9(12)7-1-2-10-8(5-7)3-4-13-10;/h1-2,5,9H,3-4,6,11-12H2;1H/t9-;/m1./s1. The smallest absolute Gasteiger partial charge is 0.122 e. The molecule has 14 heavy (non-hydrogen) atoms. The van der Waals surface area contributed by atoms with Gasteiger partial charge < -0.3 is 16.2 Å². The highest BCUT2D eigenvalue weighted by Crippen LogP contribution is 2.27. The SMILES string of the molecule is Cl.NC[C@@H](N)c1ccc2c(c1)CCO2. The molecule has 0 radical (unpaired) electrons. The van der Waals surface area contributed by atoms with Crippen molar-refractivity contribution in [3.8, 4) is 5.75 Å². The van der Waals surface area contributed by atoms with Crippen LogP contribution in [0.2, 0.25) is 0 Å². The van der Waals surface area contributed by atoms with E-state index in [1.54, 1.807) is 0 Å². The van der Waals surface area contributed by atoms with Gasteiger partial charge in [-0.3, -0.25) is 0 Å². The van der Waals surface area contributed by atoms with Crippen LogP contribution < -0.4 is 16.2 Å². The molecular weight excluding hydrogens is 200 g/mol. The van der Waals surface area contributed by atoms with Gasteiger partial charge in [-0.05, 0) is 17.2 Å². The number of benzene rings is 1. The van der Waals surface area contributed by atoms with Crippen molar-refractivity contribution in [3.05, 3.63) is 29.3 Å². The Kier molecular flexibility index (Phi) is 3.75. The molecule has 1 aromatic rings. The van der Waals surface area contributed by atoms with Crippen LogP contribution in [0.4, 0.5) is 0 Å². The summed E-state index contributed by atoms with van der Waals surface area (Å²) in [6.07, 6.45) is 0.987. The number of rotatable bonds is 2. The van der Waals surface area contributed by atoms with Gasteiger partial charge in [0, 0.05) is 19.0 Å². The quantitative estimate of drug-likeness (QED) is 0.772. The van der Waals surface area contributed by atoms with E-state index in [2.05, 4.69) is 6.07 Å². The third-order valence-electron chi connectivity index (χ3n) is 2.40. The zero-order chi connectivity index (χ0) is 9.26. The van der Waals surface area contributed by atoms with Gasteiger partial charge in [-0.2, -0.15) is 0 Å². The Hall–Kier alpha value is -0.770. The molecule has 0 bridgehead atoms. The largest absolute Gasteiger partial charge is 0.493 e. The molecule has 1 aliphatic heterocycles. The molecule has 0 spiro atoms. The average Bonchev–Trinajstić information content (AvgIpc) is 2.63. The number of hydrogen-bond acceptors (Lipinski definition) is 3. The summed E-state index contributed by atoms with van der Waals surface area (Å²) in [5.41, 5.74) is 13.7. The molecule has 1 heterocycles. The second kappa shape index (κ2) is 4.64. The van der Waals surface area contributed by atoms with Crippen molar-refractivity contribution in [2.45, 2.75) is 12.5 Å². The normalized spacial score (nSPS) is 15.3. The van der Waals surface area contributed by atoms with Gasteiger partial charge in [-0.1, -0.05) is 12.1 Å². The van der Waals surface area contributed by atoms with E-state index in [9.17, 15) is 0 Å². The zero-order valence-electron chi connectivity index (χ0n) is 7.90. The summed E-state index contributed by atoms with van der Waals surface area (Å²) in [7, 11) is 0. The molecule has 0 saturated heterocycles. The Labute approximate surface area is 89.8 Å². The molecule has 4 N–H and O–H groups in total. The fraction of sp³-hybridized carbons (Fsp3) is 0.400. The van der Waals surface area contributed by atoms with Crippen molar-refractivity contribution >= 4 is 12.4 Å². The van der Waals surface area contributed by atoms with E-state index in [0.29, 0.717) is 6.54 Å². The monoisotopic (exact) mass is 214 g/mol. The molecule has 3 nitrogen and oxygen atoms in total. The topological polar surface area (TPSA) is 61.3 Å². The van der Waals surface area contributed by atoms with Crippen molar-refractivity contribution in [3.63, 3.8) is 0 Å². The van der Waals surface area contributed by atoms with Crippen LogP contribution in [0.3, 0.4) is 0 Å². The Bertz CT molecular complexity index is 317. The number of ether oxygens (including phenoxy) is 1. The van der Waals surface area contributed by atoms with Crippen molar-refractivity contribution < 1.29 is 4.74 Å². The van der Waals surface area contributed by atoms with E-state index in [0.717, 1.165) is 24.3 Å². The van der Waals surface area contributed by atoms with Crippen LogP contribution in [-0.2, 0) is 6.42 Å². The molecule has 1 aromatic carbocycles. The van der Waals surface area contributed by atoms with E-state index in [1.807, 2.05) is 12.1 Å². The lowest BCUT2D eigenvalue weighted by Crippen LogP contribution is -2.20. The molecule has 1 aliphatic rings. The van der Waals surface area contributed by atoms with Crippen molar-refractivity contribution in [1.82, 2.24) is 0 Å². The van der Waals surface area contributed by atoms with E-state index in [4.69, 9.17) is 16.2 Å². The number of halogens is 1. The molecule has 1 atom stereocenters. The van der Waals surface area contributed by atoms with Crippen LogP contribution in [-0.4, -0.2) is 13.2 Å². The van der Waals surface area contributed by atoms with Crippen LogP contribution in [0.15, 0.2) is 18.2 Å². The zero-order valence-corrected chi connectivity index (χ0v) is 8.72. The Morgan fingerprint density at radius 2 is 2.21 bits per heavy atom. The number of fused-ring (bicyclic) bond motifs is 1. The lowest BCUT2D eigenvalue weighted by molar-refractivity contribution is 0.357. The maximum absolute atomic E-state index is 5.82. The van der Waals surface area contributed by atoms with Crippen LogP contribution in [0.25, 0.3) is 0 Å². The van der Waals surface area contributed by atoms with Crippen molar-refractivity contribution in [1.29, 1.82) is 0 Å². The Balaban J connectivity index is 0.000000980. The highest BCUT2D eigenvalue weighted by Gasteiger charge is 2.13. The summed E-state index contributed by atoms with van der Waals surface area (Å²) < 4.78 is 5.39. The molecule has 0 amide bonds. The molecule has 0 fully saturated rings. The Morgan fingerprint density at radius 3 is 2.93 bits per heavy atom. The minimum atomic E-state index is -0.0501. The third kappa shape index (κ3) is 2.00. The second-order valence-electron chi connectivity index (χ2n) is 3.31. The van der Waals surface area contributed by atoms with Gasteiger partial charge in [0.05, 0.1) is 6.61 Å². The third-order valence-corrected chi connectivity index (χ3v) is 2.40. The molecule has 0 unspecified atom stereocenters. The van der Waals surface area contributed by atoms with E-state index in [-0.39, 0.29) is 18.4 Å². The van der Waals surface area contributed by atoms with Crippen molar-refractivity contribution in [2.75, 3.05) is 13.2 Å². The molecular formula is C10H15ClN2O. The van der Waals surface area contributed by atoms with E-state index < -0.39 is 0 Å². The summed E-state index contributed by atoms with van der Waals surface area (Å²) in [5.74, 6) is 0.993. The lowest BCUT2D eigenvalue weighted by Gasteiger charge is -2.09. The predicted octanol–water partition coefficient (Wildman–Crippen LogP) is 1.00. The first-order chi connectivity index (χ1) is 6.31. The minimum Gasteiger partial charge on any atom is -0.493 e. The first-order valence-corrected chi connectivity index (χ1v) is 4.52. The highest BCUT2D eigenvalue weighted by atomic mass is 35.5. The molecule has 0 aromatic heterocycles. The van der Waals surface area contributed by atoms with Crippen LogP contribution >= 0.6 is 12.4 Å². The van der Waals surface area contributed by atoms with Gasteiger partial charge in [0.15, 0.2) is 0 Å². The molecule has 0 saturated carbocycles. The van der Waals surface area contributed by atoms with Gasteiger partial charge in [-0.25, -0.2) is 0 Å². The van der Waals surface area contributed by atoms with Gasteiger partial charge in [0.25, 0.3) is 0 Å². The average molecular weight is 215 g/mol.